The molecule has 1 saturated carbocycles. The van der Waals surface area contributed by atoms with Gasteiger partial charge < -0.3 is 19.8 Å². The van der Waals surface area contributed by atoms with Gasteiger partial charge in [0.1, 0.15) is 11.6 Å². The Bertz CT molecular complexity index is 1270. The second-order valence-electron chi connectivity index (χ2n) is 7.23. The van der Waals surface area contributed by atoms with Gasteiger partial charge in [0.25, 0.3) is 5.91 Å². The normalized spacial score (nSPS) is 13.5. The van der Waals surface area contributed by atoms with E-state index in [-0.39, 0.29) is 28.9 Å². The third-order valence-electron chi connectivity index (χ3n) is 4.60. The molecule has 0 spiro atoms. The average molecular weight is 483 g/mol. The van der Waals surface area contributed by atoms with Crippen molar-refractivity contribution in [3.63, 3.8) is 0 Å². The summed E-state index contributed by atoms with van der Waals surface area (Å²) in [6.07, 6.45) is -2.19. The first-order valence-corrected chi connectivity index (χ1v) is 10.0. The lowest BCUT2D eigenvalue weighted by Crippen LogP contribution is -2.16. The van der Waals surface area contributed by atoms with Gasteiger partial charge in [-0.3, -0.25) is 9.59 Å². The van der Waals surface area contributed by atoms with Crippen molar-refractivity contribution < 1.29 is 31.8 Å². The molecule has 1 amide bonds. The van der Waals surface area contributed by atoms with E-state index in [1.165, 1.54) is 18.3 Å². The van der Waals surface area contributed by atoms with E-state index in [1.807, 2.05) is 0 Å². The lowest BCUT2D eigenvalue weighted by Gasteiger charge is -2.17. The van der Waals surface area contributed by atoms with E-state index in [1.54, 1.807) is 0 Å². The highest BCUT2D eigenvalue weighted by atomic mass is 35.5. The molecule has 0 atom stereocenters. The van der Waals surface area contributed by atoms with Crippen molar-refractivity contribution >= 4 is 23.2 Å². The number of aromatic amines is 1. The summed E-state index contributed by atoms with van der Waals surface area (Å²) < 4.78 is 65.3. The Labute approximate surface area is 189 Å². The van der Waals surface area contributed by atoms with Crippen LogP contribution in [0.15, 0.2) is 53.5 Å². The molecule has 0 aliphatic heterocycles. The molecule has 0 saturated heterocycles. The molecule has 4 rings (SSSR count). The Kier molecular flexibility index (Phi) is 6.03. The van der Waals surface area contributed by atoms with Crippen molar-refractivity contribution in [3.05, 3.63) is 81.0 Å². The van der Waals surface area contributed by atoms with Crippen molar-refractivity contribution in [3.8, 4) is 17.2 Å². The fourth-order valence-electron chi connectivity index (χ4n) is 2.90. The molecule has 1 fully saturated rings. The zero-order valence-electron chi connectivity index (χ0n) is 16.6. The Morgan fingerprint density at radius 3 is 2.48 bits per heavy atom. The van der Waals surface area contributed by atoms with E-state index in [2.05, 4.69) is 10.3 Å². The number of pyridine rings is 1. The van der Waals surface area contributed by atoms with Crippen LogP contribution in [0.3, 0.4) is 0 Å². The summed E-state index contributed by atoms with van der Waals surface area (Å²) in [6, 6.07) is 7.15. The second-order valence-corrected chi connectivity index (χ2v) is 7.64. The molecule has 2 aromatic carbocycles. The summed E-state index contributed by atoms with van der Waals surface area (Å²) in [6.45, 7) is 0. The molecule has 33 heavy (non-hydrogen) atoms. The van der Waals surface area contributed by atoms with Crippen LogP contribution in [-0.4, -0.2) is 17.0 Å². The summed E-state index contributed by atoms with van der Waals surface area (Å²) in [4.78, 5) is 26.7. The second kappa shape index (κ2) is 8.78. The third-order valence-corrected chi connectivity index (χ3v) is 4.91. The van der Waals surface area contributed by atoms with Crippen LogP contribution < -0.4 is 20.3 Å². The first kappa shape index (κ1) is 22.7. The maximum atomic E-state index is 13.7. The van der Waals surface area contributed by atoms with Crippen LogP contribution in [0.1, 0.15) is 28.8 Å². The highest BCUT2D eigenvalue weighted by Gasteiger charge is 2.35. The monoisotopic (exact) mass is 482 g/mol. The standard InChI is InChI=1S/C22H15ClF4N2O4/c23-16-9-14(21(31)29-12-5-6-28-20(30)8-12)18(10-15(16)22(25,26)27)33-17-4-1-11(24)7-19(17)32-13-2-3-13/h1,4-10,13H,2-3H2,(H2,28,29,30,31). The number of benzene rings is 2. The fraction of sp³-hybridized carbons (Fsp3) is 0.182. The van der Waals surface area contributed by atoms with Crippen LogP contribution in [0, 0.1) is 5.82 Å². The maximum Gasteiger partial charge on any atom is 0.417 e. The van der Waals surface area contributed by atoms with Gasteiger partial charge in [-0.05, 0) is 43.2 Å². The van der Waals surface area contributed by atoms with Gasteiger partial charge in [-0.1, -0.05) is 11.6 Å². The summed E-state index contributed by atoms with van der Waals surface area (Å²) in [5.74, 6) is -2.08. The number of anilines is 1. The molecule has 1 aliphatic rings. The summed E-state index contributed by atoms with van der Waals surface area (Å²) >= 11 is 5.81. The third kappa shape index (κ3) is 5.46. The molecular formula is C22H15ClF4N2O4. The van der Waals surface area contributed by atoms with Crippen LogP contribution in [-0.2, 0) is 6.18 Å². The lowest BCUT2D eigenvalue weighted by molar-refractivity contribution is -0.137. The Balaban J connectivity index is 1.75. The largest absolute Gasteiger partial charge is 0.486 e. The lowest BCUT2D eigenvalue weighted by atomic mass is 10.1. The first-order valence-electron chi connectivity index (χ1n) is 9.65. The number of rotatable bonds is 6. The van der Waals surface area contributed by atoms with E-state index in [4.69, 9.17) is 21.1 Å². The predicted octanol–water partition coefficient (Wildman–Crippen LogP) is 5.77. The van der Waals surface area contributed by atoms with E-state index < -0.39 is 39.8 Å². The van der Waals surface area contributed by atoms with Crippen LogP contribution >= 0.6 is 11.6 Å². The number of H-pyrrole nitrogens is 1. The van der Waals surface area contributed by atoms with E-state index in [0.717, 1.165) is 37.1 Å². The van der Waals surface area contributed by atoms with Crippen molar-refractivity contribution in [1.29, 1.82) is 0 Å². The number of carbonyl (C=O) groups excluding carboxylic acids is 1. The molecule has 11 heteroatoms. The van der Waals surface area contributed by atoms with Gasteiger partial charge in [0.15, 0.2) is 11.5 Å². The van der Waals surface area contributed by atoms with E-state index >= 15 is 0 Å². The van der Waals surface area contributed by atoms with Crippen LogP contribution in [0.5, 0.6) is 17.2 Å². The molecule has 172 valence electrons. The molecular weight excluding hydrogens is 468 g/mol. The smallest absolute Gasteiger partial charge is 0.417 e. The zero-order valence-corrected chi connectivity index (χ0v) is 17.4. The molecule has 1 heterocycles. The van der Waals surface area contributed by atoms with Crippen LogP contribution in [0.2, 0.25) is 5.02 Å². The van der Waals surface area contributed by atoms with Crippen molar-refractivity contribution in [2.45, 2.75) is 25.1 Å². The van der Waals surface area contributed by atoms with Gasteiger partial charge in [0, 0.05) is 24.0 Å². The molecule has 1 aliphatic carbocycles. The number of halogens is 5. The fourth-order valence-corrected chi connectivity index (χ4v) is 3.17. The maximum absolute atomic E-state index is 13.7. The van der Waals surface area contributed by atoms with Gasteiger partial charge in [-0.25, -0.2) is 4.39 Å². The van der Waals surface area contributed by atoms with Gasteiger partial charge in [-0.15, -0.1) is 0 Å². The van der Waals surface area contributed by atoms with E-state index in [0.29, 0.717) is 6.07 Å². The molecule has 6 nitrogen and oxygen atoms in total. The Morgan fingerprint density at radius 2 is 1.82 bits per heavy atom. The minimum absolute atomic E-state index is 0.0121. The van der Waals surface area contributed by atoms with Crippen molar-refractivity contribution in [2.24, 2.45) is 0 Å². The number of hydrogen-bond donors (Lipinski definition) is 2. The number of ether oxygens (including phenoxy) is 2. The van der Waals surface area contributed by atoms with Crippen LogP contribution in [0.4, 0.5) is 23.2 Å². The summed E-state index contributed by atoms with van der Waals surface area (Å²) in [5.41, 5.74) is -1.96. The minimum Gasteiger partial charge on any atom is -0.486 e. The topological polar surface area (TPSA) is 80.4 Å². The van der Waals surface area contributed by atoms with Gasteiger partial charge in [0.05, 0.1) is 22.3 Å². The minimum atomic E-state index is -4.83. The van der Waals surface area contributed by atoms with E-state index in [9.17, 15) is 27.2 Å². The Morgan fingerprint density at radius 1 is 1.06 bits per heavy atom. The first-order chi connectivity index (χ1) is 15.6. The van der Waals surface area contributed by atoms with Gasteiger partial charge >= 0.3 is 6.18 Å². The van der Waals surface area contributed by atoms with Crippen molar-refractivity contribution in [2.75, 3.05) is 5.32 Å². The molecule has 2 N–H and O–H groups in total. The number of hydrogen-bond acceptors (Lipinski definition) is 4. The highest BCUT2D eigenvalue weighted by Crippen LogP contribution is 2.42. The number of aromatic nitrogens is 1. The molecule has 0 bridgehead atoms. The molecule has 0 unspecified atom stereocenters. The average Bonchev–Trinajstić information content (AvgIpc) is 3.54. The SMILES string of the molecule is O=C(Nc1cc[nH]c(=O)c1)c1cc(Cl)c(C(F)(F)F)cc1Oc1ccc(F)cc1OC1CC1. The van der Waals surface area contributed by atoms with Crippen LogP contribution in [0.25, 0.3) is 0 Å². The summed E-state index contributed by atoms with van der Waals surface area (Å²) in [7, 11) is 0. The van der Waals surface area contributed by atoms with Crippen molar-refractivity contribution in [1.82, 2.24) is 4.98 Å². The molecule has 3 aromatic rings. The quantitative estimate of drug-likeness (QED) is 0.437. The highest BCUT2D eigenvalue weighted by molar-refractivity contribution is 6.32. The summed E-state index contributed by atoms with van der Waals surface area (Å²) in [5, 5.41) is 1.68. The number of amides is 1. The zero-order chi connectivity index (χ0) is 23.8. The number of nitrogens with one attached hydrogen (secondary N) is 2. The Hall–Kier alpha value is -3.53. The predicted molar refractivity (Wildman–Crippen MR) is 112 cm³/mol. The number of carbonyl (C=O) groups is 1. The molecule has 0 radical (unpaired) electrons. The van der Waals surface area contributed by atoms with Gasteiger partial charge in [-0.2, -0.15) is 13.2 Å². The molecule has 1 aromatic heterocycles. The number of alkyl halides is 3. The van der Waals surface area contributed by atoms with Gasteiger partial charge in [0.2, 0.25) is 5.56 Å².